The minimum atomic E-state index is -4.48. The molecule has 4 aromatic rings. The second kappa shape index (κ2) is 12.1. The Balaban J connectivity index is 1.21. The molecule has 44 heavy (non-hydrogen) atoms. The van der Waals surface area contributed by atoms with Crippen molar-refractivity contribution in [3.63, 3.8) is 0 Å². The average Bonchev–Trinajstić information content (AvgIpc) is 3.73. The molecular weight excluding hydrogens is 598 g/mol. The summed E-state index contributed by atoms with van der Waals surface area (Å²) in [7, 11) is 1.86. The average molecular weight is 634 g/mol. The van der Waals surface area contributed by atoms with E-state index in [9.17, 15) is 22.4 Å². The van der Waals surface area contributed by atoms with Gasteiger partial charge in [-0.15, -0.1) is 10.2 Å². The summed E-state index contributed by atoms with van der Waals surface area (Å²) in [5.74, 6) is -0.280. The van der Waals surface area contributed by atoms with Crippen LogP contribution in [0.4, 0.5) is 23.2 Å². The molecule has 2 N–H and O–H groups in total. The van der Waals surface area contributed by atoms with Crippen LogP contribution in [-0.4, -0.2) is 81.9 Å². The van der Waals surface area contributed by atoms with Crippen LogP contribution in [0.25, 0.3) is 21.6 Å². The fourth-order valence-electron chi connectivity index (χ4n) is 5.98. The van der Waals surface area contributed by atoms with Crippen molar-refractivity contribution in [2.24, 2.45) is 0 Å². The normalized spacial score (nSPS) is 21.0. The van der Waals surface area contributed by atoms with Crippen LogP contribution in [0.5, 0.6) is 0 Å². The topological polar surface area (TPSA) is 89.2 Å². The zero-order valence-corrected chi connectivity index (χ0v) is 25.3. The maximum absolute atomic E-state index is 14.8. The largest absolute Gasteiger partial charge is 0.406 e. The maximum Gasteiger partial charge on any atom is 0.406 e. The molecule has 2 fully saturated rings. The molecule has 9 nitrogen and oxygen atoms in total. The first-order valence-electron chi connectivity index (χ1n) is 14.6. The van der Waals surface area contributed by atoms with E-state index in [1.54, 1.807) is 30.3 Å². The molecular formula is C30H35F4N7O2S. The molecule has 0 saturated carbocycles. The van der Waals surface area contributed by atoms with Crippen molar-refractivity contribution in [1.82, 2.24) is 29.5 Å². The van der Waals surface area contributed by atoms with Crippen LogP contribution in [-0.2, 0) is 23.4 Å². The van der Waals surface area contributed by atoms with Crippen molar-refractivity contribution >= 4 is 33.8 Å². The van der Waals surface area contributed by atoms with Gasteiger partial charge in [-0.3, -0.25) is 4.79 Å². The van der Waals surface area contributed by atoms with Gasteiger partial charge in [0.15, 0.2) is 5.01 Å². The van der Waals surface area contributed by atoms with Crippen LogP contribution in [0.2, 0.25) is 0 Å². The third-order valence-corrected chi connectivity index (χ3v) is 9.55. The van der Waals surface area contributed by atoms with Gasteiger partial charge >= 0.3 is 6.18 Å². The van der Waals surface area contributed by atoms with Crippen molar-refractivity contribution < 1.29 is 27.1 Å². The number of benzene rings is 1. The Labute approximate surface area is 256 Å². The van der Waals surface area contributed by atoms with Gasteiger partial charge in [-0.2, -0.15) is 13.2 Å². The smallest absolute Gasteiger partial charge is 0.381 e. The summed E-state index contributed by atoms with van der Waals surface area (Å²) >= 11 is 1.12. The number of carbonyl (C=O) groups is 1. The van der Waals surface area contributed by atoms with Gasteiger partial charge in [0, 0.05) is 55.3 Å². The fraction of sp³-hybridized carbons (Fsp3) is 0.500. The van der Waals surface area contributed by atoms with E-state index in [-0.39, 0.29) is 23.7 Å². The first-order valence-corrected chi connectivity index (χ1v) is 15.5. The number of carbonyl (C=O) groups excluding carboxylic acids is 1. The first kappa shape index (κ1) is 30.5. The number of rotatable bonds is 8. The van der Waals surface area contributed by atoms with Crippen molar-refractivity contribution in [2.75, 3.05) is 38.7 Å². The third kappa shape index (κ3) is 6.47. The van der Waals surface area contributed by atoms with Crippen LogP contribution in [0, 0.1) is 0 Å². The van der Waals surface area contributed by atoms with Crippen LogP contribution < -0.4 is 10.6 Å². The number of piperidine rings is 1. The Hall–Kier alpha value is -3.49. The Kier molecular flexibility index (Phi) is 8.42. The summed E-state index contributed by atoms with van der Waals surface area (Å²) < 4.78 is 64.7. The van der Waals surface area contributed by atoms with Gasteiger partial charge in [0.05, 0.1) is 29.4 Å². The van der Waals surface area contributed by atoms with Crippen molar-refractivity contribution in [3.05, 3.63) is 53.3 Å². The lowest BCUT2D eigenvalue weighted by molar-refractivity contribution is -0.139. The Morgan fingerprint density at radius 3 is 2.75 bits per heavy atom. The molecule has 2 atom stereocenters. The lowest BCUT2D eigenvalue weighted by Crippen LogP contribution is -2.46. The zero-order chi connectivity index (χ0) is 31.1. The number of alkyl halides is 4. The number of fused-ring (bicyclic) bond motifs is 1. The zero-order valence-electron chi connectivity index (χ0n) is 24.5. The lowest BCUT2D eigenvalue weighted by Gasteiger charge is -2.35. The van der Waals surface area contributed by atoms with Crippen LogP contribution in [0.3, 0.4) is 0 Å². The van der Waals surface area contributed by atoms with Crippen molar-refractivity contribution in [1.29, 1.82) is 0 Å². The molecule has 5 heterocycles. The third-order valence-electron chi connectivity index (χ3n) is 8.60. The molecule has 0 radical (unpaired) electrons. The van der Waals surface area contributed by atoms with Gasteiger partial charge in [0.2, 0.25) is 0 Å². The molecule has 1 amide bonds. The molecule has 2 saturated heterocycles. The highest BCUT2D eigenvalue weighted by atomic mass is 32.1. The number of amides is 1. The maximum atomic E-state index is 14.8. The van der Waals surface area contributed by atoms with Crippen LogP contribution >= 0.6 is 11.3 Å². The highest BCUT2D eigenvalue weighted by Gasteiger charge is 2.33. The van der Waals surface area contributed by atoms with Gasteiger partial charge in [-0.05, 0) is 57.5 Å². The van der Waals surface area contributed by atoms with Gasteiger partial charge in [0.1, 0.15) is 17.7 Å². The van der Waals surface area contributed by atoms with Gasteiger partial charge < -0.3 is 29.4 Å². The van der Waals surface area contributed by atoms with E-state index in [1.807, 2.05) is 24.3 Å². The molecule has 0 aliphatic carbocycles. The minimum absolute atomic E-state index is 0.0765. The predicted octanol–water partition coefficient (Wildman–Crippen LogP) is 5.43. The molecule has 0 bridgehead atoms. The number of halogens is 4. The van der Waals surface area contributed by atoms with E-state index in [1.165, 1.54) is 4.57 Å². The molecule has 0 unspecified atom stereocenters. The lowest BCUT2D eigenvalue weighted by atomic mass is 9.92. The van der Waals surface area contributed by atoms with E-state index in [0.29, 0.717) is 58.3 Å². The van der Waals surface area contributed by atoms with Crippen molar-refractivity contribution in [2.45, 2.75) is 63.2 Å². The number of ether oxygens (including phenoxy) is 1. The summed E-state index contributed by atoms with van der Waals surface area (Å²) in [6, 6.07) is 8.01. The molecule has 1 aromatic carbocycles. The second-order valence-corrected chi connectivity index (χ2v) is 12.9. The molecule has 2 aliphatic rings. The number of anilines is 1. The first-order chi connectivity index (χ1) is 21.0. The van der Waals surface area contributed by atoms with E-state index < -0.39 is 24.9 Å². The summed E-state index contributed by atoms with van der Waals surface area (Å²) in [5, 5.41) is 15.7. The summed E-state index contributed by atoms with van der Waals surface area (Å²) in [6.07, 6.45) is 0.415. The van der Waals surface area contributed by atoms with E-state index in [2.05, 4.69) is 32.3 Å². The fourth-order valence-corrected chi connectivity index (χ4v) is 6.78. The SMILES string of the molecule is CN1CC[C@@H](Nc2cccc3c2cc(-c2nnc(CNC(=O)c4ccn(C5(C)CCOCC5)c4)s2)n3CC(F)(F)F)[C@@H](F)C1. The number of hydrogen-bond acceptors (Lipinski definition) is 7. The Morgan fingerprint density at radius 1 is 1.20 bits per heavy atom. The number of hydrogen-bond donors (Lipinski definition) is 2. The highest BCUT2D eigenvalue weighted by Crippen LogP contribution is 2.37. The Bertz CT molecular complexity index is 1620. The molecule has 14 heteroatoms. The number of likely N-dealkylation sites (tertiary alicyclic amines) is 1. The Morgan fingerprint density at radius 2 is 2.00 bits per heavy atom. The highest BCUT2D eigenvalue weighted by molar-refractivity contribution is 7.14. The second-order valence-electron chi connectivity index (χ2n) is 11.9. The predicted molar refractivity (Wildman–Crippen MR) is 161 cm³/mol. The summed E-state index contributed by atoms with van der Waals surface area (Å²) in [4.78, 5) is 14.8. The standard InChI is InChI=1S/C30H35F4N7O2S/c1-29(8-12-43-13-9-29)40-11-6-19(16-40)27(42)35-15-26-37-38-28(44-26)25-14-20-22(36-23-7-10-39(2)17-21(23)31)4-3-5-24(20)41(25)18-30(32,33)34/h3-6,11,14,16,21,23,36H,7-10,12-13,15,17-18H2,1-2H3,(H,35,42)/t21-,23+/m0/s1. The number of nitrogens with one attached hydrogen (secondary N) is 2. The molecule has 2 aliphatic heterocycles. The monoisotopic (exact) mass is 633 g/mol. The van der Waals surface area contributed by atoms with Crippen LogP contribution in [0.15, 0.2) is 42.7 Å². The number of aromatic nitrogens is 4. The molecule has 6 rings (SSSR count). The van der Waals surface area contributed by atoms with Crippen LogP contribution in [0.1, 0.15) is 41.6 Å². The van der Waals surface area contributed by atoms with Crippen molar-refractivity contribution in [3.8, 4) is 10.7 Å². The molecule has 3 aromatic heterocycles. The minimum Gasteiger partial charge on any atom is -0.381 e. The van der Waals surface area contributed by atoms with E-state index >= 15 is 0 Å². The van der Waals surface area contributed by atoms with Gasteiger partial charge in [-0.1, -0.05) is 17.4 Å². The quantitative estimate of drug-likeness (QED) is 0.252. The van der Waals surface area contributed by atoms with E-state index in [4.69, 9.17) is 4.74 Å². The van der Waals surface area contributed by atoms with Gasteiger partial charge in [-0.25, -0.2) is 4.39 Å². The summed E-state index contributed by atoms with van der Waals surface area (Å²) in [6.45, 7) is 3.36. The molecule has 0 spiro atoms. The van der Waals surface area contributed by atoms with E-state index in [0.717, 1.165) is 30.7 Å². The number of nitrogens with zero attached hydrogens (tertiary/aromatic N) is 5. The molecule has 236 valence electrons. The summed E-state index contributed by atoms with van der Waals surface area (Å²) in [5.41, 5.74) is 1.57. The van der Waals surface area contributed by atoms with Gasteiger partial charge in [0.25, 0.3) is 5.91 Å².